The fraction of sp³-hybridized carbons (Fsp3) is 0.385. The van der Waals surface area contributed by atoms with Crippen molar-refractivity contribution in [3.63, 3.8) is 0 Å². The van der Waals surface area contributed by atoms with E-state index >= 15 is 0 Å². The molecule has 2 atom stereocenters. The highest BCUT2D eigenvalue weighted by molar-refractivity contribution is 6.31. The normalized spacial score (nSPS) is 22.5. The molecule has 1 amide bonds. The number of nitriles is 1. The van der Waals surface area contributed by atoms with E-state index in [1.54, 1.807) is 18.2 Å². The number of hydrogen-bond acceptors (Lipinski definition) is 3. The van der Waals surface area contributed by atoms with Crippen molar-refractivity contribution in [2.24, 2.45) is 5.92 Å². The van der Waals surface area contributed by atoms with Gasteiger partial charge in [0.2, 0.25) is 0 Å². The van der Waals surface area contributed by atoms with Crippen molar-refractivity contribution in [1.29, 1.82) is 5.26 Å². The molecule has 1 aliphatic rings. The third-order valence-corrected chi connectivity index (χ3v) is 3.24. The molecule has 0 bridgehead atoms. The fourth-order valence-corrected chi connectivity index (χ4v) is 2.12. The first-order valence-corrected chi connectivity index (χ1v) is 6.11. The Morgan fingerprint density at radius 3 is 3.00 bits per heavy atom. The number of ether oxygens (including phenoxy) is 1. The van der Waals surface area contributed by atoms with E-state index in [1.807, 2.05) is 13.0 Å². The second kappa shape index (κ2) is 5.38. The maximum Gasteiger partial charge on any atom is 0.253 e. The van der Waals surface area contributed by atoms with Gasteiger partial charge in [0.25, 0.3) is 5.91 Å². The van der Waals surface area contributed by atoms with Crippen LogP contribution in [0.2, 0.25) is 5.02 Å². The number of rotatable bonds is 2. The van der Waals surface area contributed by atoms with Gasteiger partial charge in [-0.3, -0.25) is 4.79 Å². The van der Waals surface area contributed by atoms with Gasteiger partial charge in [-0.05, 0) is 30.5 Å². The first kappa shape index (κ1) is 12.9. The molecule has 0 aromatic heterocycles. The van der Waals surface area contributed by atoms with Crippen molar-refractivity contribution in [3.8, 4) is 6.07 Å². The number of halogens is 1. The van der Waals surface area contributed by atoms with Crippen molar-refractivity contribution in [1.82, 2.24) is 0 Å². The monoisotopic (exact) mass is 264 g/mol. The molecule has 0 spiro atoms. The summed E-state index contributed by atoms with van der Waals surface area (Å²) in [6, 6.07) is 6.78. The second-order valence-electron chi connectivity index (χ2n) is 4.35. The number of nitrogens with zero attached hydrogens (tertiary/aromatic N) is 1. The lowest BCUT2D eigenvalue weighted by atomic mass is 10.0. The molecule has 94 valence electrons. The van der Waals surface area contributed by atoms with E-state index in [9.17, 15) is 4.79 Å². The van der Waals surface area contributed by atoms with Crippen LogP contribution in [0.25, 0.3) is 0 Å². The molecule has 4 nitrogen and oxygen atoms in total. The number of carbonyl (C=O) groups excluding carboxylic acids is 1. The topological polar surface area (TPSA) is 62.1 Å². The minimum Gasteiger partial charge on any atom is -0.368 e. The average Bonchev–Trinajstić information content (AvgIpc) is 2.76. The van der Waals surface area contributed by atoms with Crippen LogP contribution in [0.4, 0.5) is 5.69 Å². The van der Waals surface area contributed by atoms with E-state index in [1.165, 1.54) is 0 Å². The van der Waals surface area contributed by atoms with Crippen LogP contribution in [0, 0.1) is 17.2 Å². The van der Waals surface area contributed by atoms with Gasteiger partial charge in [0.15, 0.2) is 0 Å². The standard InChI is InChI=1S/C13H13ClN2O2/c1-8-4-5-18-12(8)13(17)16-11-6-10(14)3-2-9(11)7-15/h2-3,6,8,12H,4-5H2,1H3,(H,16,17). The Hall–Kier alpha value is -1.57. The molecule has 0 saturated carbocycles. The van der Waals surface area contributed by atoms with Gasteiger partial charge >= 0.3 is 0 Å². The summed E-state index contributed by atoms with van der Waals surface area (Å²) in [6.45, 7) is 2.57. The number of anilines is 1. The summed E-state index contributed by atoms with van der Waals surface area (Å²) in [4.78, 5) is 12.0. The fourth-order valence-electron chi connectivity index (χ4n) is 1.95. The van der Waals surface area contributed by atoms with E-state index in [0.717, 1.165) is 6.42 Å². The van der Waals surface area contributed by atoms with Gasteiger partial charge in [-0.25, -0.2) is 0 Å². The van der Waals surface area contributed by atoms with Crippen LogP contribution in [0.5, 0.6) is 0 Å². The molecule has 1 saturated heterocycles. The molecule has 1 aromatic rings. The molecular formula is C13H13ClN2O2. The summed E-state index contributed by atoms with van der Waals surface area (Å²) in [6.07, 6.45) is 0.425. The molecule has 2 unspecified atom stereocenters. The van der Waals surface area contributed by atoms with Crippen LogP contribution in [-0.2, 0) is 9.53 Å². The molecule has 5 heteroatoms. The SMILES string of the molecule is CC1CCOC1C(=O)Nc1cc(Cl)ccc1C#N. The summed E-state index contributed by atoms with van der Waals surface area (Å²) in [5, 5.41) is 12.1. The number of amides is 1. The highest BCUT2D eigenvalue weighted by atomic mass is 35.5. The lowest BCUT2D eigenvalue weighted by molar-refractivity contribution is -0.126. The third kappa shape index (κ3) is 2.63. The van der Waals surface area contributed by atoms with Crippen molar-refractivity contribution in [2.75, 3.05) is 11.9 Å². The largest absolute Gasteiger partial charge is 0.368 e. The Kier molecular flexibility index (Phi) is 3.85. The minimum atomic E-state index is -0.449. The number of nitrogens with one attached hydrogen (secondary N) is 1. The van der Waals surface area contributed by atoms with E-state index in [-0.39, 0.29) is 11.8 Å². The van der Waals surface area contributed by atoms with E-state index in [2.05, 4.69) is 5.32 Å². The maximum atomic E-state index is 12.0. The lowest BCUT2D eigenvalue weighted by Gasteiger charge is -2.15. The van der Waals surface area contributed by atoms with Crippen LogP contribution in [-0.4, -0.2) is 18.6 Å². The molecule has 18 heavy (non-hydrogen) atoms. The van der Waals surface area contributed by atoms with Gasteiger partial charge in [0.1, 0.15) is 12.2 Å². The quantitative estimate of drug-likeness (QED) is 0.893. The van der Waals surface area contributed by atoms with Crippen LogP contribution < -0.4 is 5.32 Å². The number of carbonyl (C=O) groups is 1. The van der Waals surface area contributed by atoms with E-state index in [4.69, 9.17) is 21.6 Å². The van der Waals surface area contributed by atoms with Crippen LogP contribution in [0.15, 0.2) is 18.2 Å². The Labute approximate surface area is 111 Å². The highest BCUT2D eigenvalue weighted by Crippen LogP contribution is 2.24. The maximum absolute atomic E-state index is 12.0. The predicted molar refractivity (Wildman–Crippen MR) is 68.3 cm³/mol. The van der Waals surface area contributed by atoms with Crippen molar-refractivity contribution >= 4 is 23.2 Å². The van der Waals surface area contributed by atoms with Gasteiger partial charge in [0, 0.05) is 11.6 Å². The molecule has 1 fully saturated rings. The Balaban J connectivity index is 2.16. The number of benzene rings is 1. The second-order valence-corrected chi connectivity index (χ2v) is 4.78. The Bertz CT molecular complexity index is 510. The van der Waals surface area contributed by atoms with E-state index < -0.39 is 6.10 Å². The number of hydrogen-bond donors (Lipinski definition) is 1. The van der Waals surface area contributed by atoms with Gasteiger partial charge in [-0.1, -0.05) is 18.5 Å². The smallest absolute Gasteiger partial charge is 0.253 e. The molecule has 2 rings (SSSR count). The summed E-state index contributed by atoms with van der Waals surface area (Å²) in [5.41, 5.74) is 0.816. The van der Waals surface area contributed by atoms with Crippen LogP contribution in [0.3, 0.4) is 0 Å². The lowest BCUT2D eigenvalue weighted by Crippen LogP contribution is -2.31. The first-order valence-electron chi connectivity index (χ1n) is 5.74. The van der Waals surface area contributed by atoms with Crippen LogP contribution >= 0.6 is 11.6 Å². The van der Waals surface area contributed by atoms with Crippen molar-refractivity contribution in [2.45, 2.75) is 19.4 Å². The van der Waals surface area contributed by atoms with Crippen LogP contribution in [0.1, 0.15) is 18.9 Å². The highest BCUT2D eigenvalue weighted by Gasteiger charge is 2.31. The van der Waals surface area contributed by atoms with Gasteiger partial charge in [0.05, 0.1) is 11.3 Å². The molecule has 0 aliphatic carbocycles. The molecule has 1 aromatic carbocycles. The molecular weight excluding hydrogens is 252 g/mol. The Morgan fingerprint density at radius 1 is 1.61 bits per heavy atom. The van der Waals surface area contributed by atoms with Gasteiger partial charge in [-0.2, -0.15) is 5.26 Å². The predicted octanol–water partition coefficient (Wildman–Crippen LogP) is 2.58. The zero-order valence-corrected chi connectivity index (χ0v) is 10.7. The molecule has 0 radical (unpaired) electrons. The zero-order valence-electron chi connectivity index (χ0n) is 9.94. The molecule has 1 heterocycles. The average molecular weight is 265 g/mol. The third-order valence-electron chi connectivity index (χ3n) is 3.01. The Morgan fingerprint density at radius 2 is 2.39 bits per heavy atom. The summed E-state index contributed by atoms with van der Waals surface area (Å²) >= 11 is 5.85. The van der Waals surface area contributed by atoms with Gasteiger partial charge < -0.3 is 10.1 Å². The zero-order chi connectivity index (χ0) is 13.1. The minimum absolute atomic E-state index is 0.190. The molecule has 1 aliphatic heterocycles. The first-order chi connectivity index (χ1) is 8.61. The summed E-state index contributed by atoms with van der Waals surface area (Å²) < 4.78 is 5.38. The van der Waals surface area contributed by atoms with E-state index in [0.29, 0.717) is 22.9 Å². The van der Waals surface area contributed by atoms with Gasteiger partial charge in [-0.15, -0.1) is 0 Å². The van der Waals surface area contributed by atoms with Crippen molar-refractivity contribution < 1.29 is 9.53 Å². The van der Waals surface area contributed by atoms with Crippen molar-refractivity contribution in [3.05, 3.63) is 28.8 Å². The molecule has 1 N–H and O–H groups in total. The summed E-state index contributed by atoms with van der Waals surface area (Å²) in [7, 11) is 0. The summed E-state index contributed by atoms with van der Waals surface area (Å²) in [5.74, 6) is -0.0338.